The lowest BCUT2D eigenvalue weighted by Crippen LogP contribution is -2.30. The molecule has 3 heteroatoms. The van der Waals surface area contributed by atoms with Gasteiger partial charge in [0.15, 0.2) is 0 Å². The number of carbonyl (C=O) groups is 1. The van der Waals surface area contributed by atoms with Crippen LogP contribution in [0, 0.1) is 19.8 Å². The van der Waals surface area contributed by atoms with Crippen molar-refractivity contribution in [3.8, 4) is 0 Å². The lowest BCUT2D eigenvalue weighted by atomic mass is 9.86. The Labute approximate surface area is 107 Å². The van der Waals surface area contributed by atoms with E-state index >= 15 is 0 Å². The van der Waals surface area contributed by atoms with Crippen molar-refractivity contribution in [1.29, 1.82) is 0 Å². The quantitative estimate of drug-likeness (QED) is 0.743. The highest BCUT2D eigenvalue weighted by molar-refractivity contribution is 6.13. The molecule has 1 aromatic rings. The molecule has 1 atom stereocenters. The van der Waals surface area contributed by atoms with Crippen molar-refractivity contribution in [2.24, 2.45) is 10.9 Å². The van der Waals surface area contributed by atoms with Crippen LogP contribution in [0.1, 0.15) is 36.8 Å². The first kappa shape index (κ1) is 11.5. The number of fused-ring (bicyclic) bond motifs is 2. The molecule has 0 radical (unpaired) electrons. The average molecular weight is 242 g/mol. The molecule has 3 rings (SSSR count). The number of nitrogens with one attached hydrogen (secondary N) is 1. The largest absolute Gasteiger partial charge is 0.324 e. The predicted octanol–water partition coefficient (Wildman–Crippen LogP) is 3.52. The van der Waals surface area contributed by atoms with Gasteiger partial charge in [-0.1, -0.05) is 6.42 Å². The van der Waals surface area contributed by atoms with Gasteiger partial charge in [0.05, 0.1) is 17.3 Å². The summed E-state index contributed by atoms with van der Waals surface area (Å²) in [5.41, 5.74) is 5.28. The van der Waals surface area contributed by atoms with Gasteiger partial charge in [0.25, 0.3) is 0 Å². The van der Waals surface area contributed by atoms with Gasteiger partial charge in [0, 0.05) is 5.71 Å². The van der Waals surface area contributed by atoms with Crippen LogP contribution < -0.4 is 5.32 Å². The van der Waals surface area contributed by atoms with Crippen LogP contribution in [0.25, 0.3) is 0 Å². The van der Waals surface area contributed by atoms with Gasteiger partial charge in [-0.15, -0.1) is 0 Å². The number of benzene rings is 1. The molecule has 1 N–H and O–H groups in total. The minimum atomic E-state index is -0.00763. The van der Waals surface area contributed by atoms with Crippen molar-refractivity contribution < 1.29 is 4.79 Å². The lowest BCUT2D eigenvalue weighted by molar-refractivity contribution is -0.118. The number of aryl methyl sites for hydroxylation is 2. The number of amides is 1. The Morgan fingerprint density at radius 1 is 1.22 bits per heavy atom. The van der Waals surface area contributed by atoms with E-state index in [0.717, 1.165) is 42.8 Å². The molecule has 1 aromatic carbocycles. The summed E-state index contributed by atoms with van der Waals surface area (Å²) in [4.78, 5) is 17.0. The SMILES string of the molecule is Cc1cc2c(cc1C)NC(=O)C1CCCCC1=N2. The molecule has 0 aromatic heterocycles. The summed E-state index contributed by atoms with van der Waals surface area (Å²) < 4.78 is 0. The van der Waals surface area contributed by atoms with E-state index in [4.69, 9.17) is 4.99 Å². The van der Waals surface area contributed by atoms with E-state index in [1.54, 1.807) is 0 Å². The van der Waals surface area contributed by atoms with Gasteiger partial charge < -0.3 is 5.32 Å². The Bertz CT molecular complexity index is 546. The molecular weight excluding hydrogens is 224 g/mol. The third-order valence-electron chi connectivity index (χ3n) is 4.03. The Kier molecular flexibility index (Phi) is 2.69. The first-order valence-electron chi connectivity index (χ1n) is 6.65. The van der Waals surface area contributed by atoms with Crippen LogP contribution in [0.3, 0.4) is 0 Å². The smallest absolute Gasteiger partial charge is 0.233 e. The fourth-order valence-corrected chi connectivity index (χ4v) is 2.78. The molecule has 1 unspecified atom stereocenters. The molecule has 1 saturated carbocycles. The predicted molar refractivity (Wildman–Crippen MR) is 73.6 cm³/mol. The molecule has 1 heterocycles. The first-order valence-corrected chi connectivity index (χ1v) is 6.65. The van der Waals surface area contributed by atoms with E-state index in [2.05, 4.69) is 25.2 Å². The molecule has 2 aliphatic rings. The van der Waals surface area contributed by atoms with Crippen molar-refractivity contribution >= 4 is 23.0 Å². The van der Waals surface area contributed by atoms with Gasteiger partial charge in [0.1, 0.15) is 0 Å². The fraction of sp³-hybridized carbons (Fsp3) is 0.467. The van der Waals surface area contributed by atoms with Gasteiger partial charge in [-0.05, 0) is 56.4 Å². The first-order chi connectivity index (χ1) is 8.65. The normalized spacial score (nSPS) is 22.4. The van der Waals surface area contributed by atoms with Crippen molar-refractivity contribution in [3.05, 3.63) is 23.3 Å². The molecule has 0 spiro atoms. The highest BCUT2D eigenvalue weighted by Gasteiger charge is 2.30. The number of hydrogen-bond donors (Lipinski definition) is 1. The third-order valence-corrected chi connectivity index (χ3v) is 4.03. The van der Waals surface area contributed by atoms with Crippen LogP contribution >= 0.6 is 0 Å². The average Bonchev–Trinajstić information content (AvgIpc) is 2.48. The summed E-state index contributed by atoms with van der Waals surface area (Å²) in [7, 11) is 0. The Balaban J connectivity index is 2.11. The van der Waals surface area contributed by atoms with Crippen LogP contribution in [0.5, 0.6) is 0 Å². The van der Waals surface area contributed by atoms with Crippen molar-refractivity contribution in [3.63, 3.8) is 0 Å². The molecule has 1 aliphatic heterocycles. The maximum absolute atomic E-state index is 12.2. The molecule has 1 amide bonds. The fourth-order valence-electron chi connectivity index (χ4n) is 2.78. The molecule has 1 aliphatic carbocycles. The molecule has 3 nitrogen and oxygen atoms in total. The number of rotatable bonds is 0. The van der Waals surface area contributed by atoms with Gasteiger partial charge in [0.2, 0.25) is 5.91 Å². The van der Waals surface area contributed by atoms with Crippen molar-refractivity contribution in [1.82, 2.24) is 0 Å². The highest BCUT2D eigenvalue weighted by Crippen LogP contribution is 2.35. The zero-order valence-electron chi connectivity index (χ0n) is 10.9. The number of hydrogen-bond acceptors (Lipinski definition) is 2. The number of carbonyl (C=O) groups excluding carboxylic acids is 1. The summed E-state index contributed by atoms with van der Waals surface area (Å²) in [6.07, 6.45) is 4.19. The van der Waals surface area contributed by atoms with E-state index in [1.807, 2.05) is 6.07 Å². The number of aliphatic imine (C=N–C) groups is 1. The minimum absolute atomic E-state index is 0.00763. The van der Waals surface area contributed by atoms with Gasteiger partial charge >= 0.3 is 0 Å². The minimum Gasteiger partial charge on any atom is -0.324 e. The second-order valence-electron chi connectivity index (χ2n) is 5.34. The maximum Gasteiger partial charge on any atom is 0.233 e. The van der Waals surface area contributed by atoms with Crippen LogP contribution in [-0.2, 0) is 4.79 Å². The lowest BCUT2D eigenvalue weighted by Gasteiger charge is -2.20. The van der Waals surface area contributed by atoms with E-state index in [-0.39, 0.29) is 11.8 Å². The summed E-state index contributed by atoms with van der Waals surface area (Å²) in [5, 5.41) is 3.04. The van der Waals surface area contributed by atoms with E-state index < -0.39 is 0 Å². The Morgan fingerprint density at radius 3 is 2.83 bits per heavy atom. The molecule has 1 fully saturated rings. The molecule has 18 heavy (non-hydrogen) atoms. The summed E-state index contributed by atoms with van der Waals surface area (Å²) >= 11 is 0. The summed E-state index contributed by atoms with van der Waals surface area (Å²) in [6.45, 7) is 4.15. The zero-order valence-corrected chi connectivity index (χ0v) is 10.9. The zero-order chi connectivity index (χ0) is 12.7. The standard InChI is InChI=1S/C15H18N2O/c1-9-7-13-14(8-10(9)2)17-15(18)11-5-3-4-6-12(11)16-13/h7-8,11H,3-6H2,1-2H3,(H,17,18). The van der Waals surface area contributed by atoms with Gasteiger partial charge in [-0.25, -0.2) is 0 Å². The molecular formula is C15H18N2O. The molecule has 0 bridgehead atoms. The highest BCUT2D eigenvalue weighted by atomic mass is 16.1. The van der Waals surface area contributed by atoms with Crippen LogP contribution in [0.2, 0.25) is 0 Å². The van der Waals surface area contributed by atoms with Crippen molar-refractivity contribution in [2.45, 2.75) is 39.5 Å². The maximum atomic E-state index is 12.2. The summed E-state index contributed by atoms with van der Waals surface area (Å²) in [5.74, 6) is 0.113. The Morgan fingerprint density at radius 2 is 2.00 bits per heavy atom. The van der Waals surface area contributed by atoms with Crippen LogP contribution in [-0.4, -0.2) is 11.6 Å². The Hall–Kier alpha value is -1.64. The topological polar surface area (TPSA) is 41.5 Å². The molecule has 94 valence electrons. The van der Waals surface area contributed by atoms with Crippen LogP contribution in [0.15, 0.2) is 17.1 Å². The number of nitrogens with zero attached hydrogens (tertiary/aromatic N) is 1. The third kappa shape index (κ3) is 1.84. The van der Waals surface area contributed by atoms with E-state index in [9.17, 15) is 4.79 Å². The van der Waals surface area contributed by atoms with E-state index in [0.29, 0.717) is 0 Å². The second kappa shape index (κ2) is 4.23. The van der Waals surface area contributed by atoms with E-state index in [1.165, 1.54) is 11.1 Å². The second-order valence-corrected chi connectivity index (χ2v) is 5.34. The van der Waals surface area contributed by atoms with Crippen molar-refractivity contribution in [2.75, 3.05) is 5.32 Å². The van der Waals surface area contributed by atoms with Gasteiger partial charge in [-0.2, -0.15) is 0 Å². The molecule has 0 saturated heterocycles. The summed E-state index contributed by atoms with van der Waals surface area (Å²) in [6, 6.07) is 4.11. The number of anilines is 1. The van der Waals surface area contributed by atoms with Crippen LogP contribution in [0.4, 0.5) is 11.4 Å². The monoisotopic (exact) mass is 242 g/mol. The van der Waals surface area contributed by atoms with Gasteiger partial charge in [-0.3, -0.25) is 9.79 Å².